The second kappa shape index (κ2) is 7.33. The molecule has 4 heterocycles. The number of pyridine rings is 3. The largest absolute Gasteiger partial charge is 0.433 e. The van der Waals surface area contributed by atoms with Crippen molar-refractivity contribution in [2.24, 2.45) is 0 Å². The second-order valence-electron chi connectivity index (χ2n) is 6.71. The lowest BCUT2D eigenvalue weighted by Gasteiger charge is -2.13. The molecule has 0 aliphatic carbocycles. The highest BCUT2D eigenvalue weighted by atomic mass is 19.4. The van der Waals surface area contributed by atoms with Crippen LogP contribution in [0, 0.1) is 6.92 Å². The predicted molar refractivity (Wildman–Crippen MR) is 106 cm³/mol. The zero-order valence-corrected chi connectivity index (χ0v) is 16.1. The zero-order chi connectivity index (χ0) is 21.5. The third-order valence-corrected chi connectivity index (χ3v) is 4.76. The first-order valence-corrected chi connectivity index (χ1v) is 9.14. The number of nitrogens with zero attached hydrogens (tertiary/aromatic N) is 5. The number of fused-ring (bicyclic) bond motifs is 1. The van der Waals surface area contributed by atoms with E-state index >= 15 is 0 Å². The van der Waals surface area contributed by atoms with Gasteiger partial charge >= 0.3 is 6.18 Å². The fraction of sp³-hybridized carbons (Fsp3) is 0.190. The van der Waals surface area contributed by atoms with Gasteiger partial charge in [-0.1, -0.05) is 0 Å². The molecule has 0 radical (unpaired) electrons. The van der Waals surface area contributed by atoms with E-state index < -0.39 is 11.9 Å². The van der Waals surface area contributed by atoms with E-state index in [4.69, 9.17) is 0 Å². The zero-order valence-electron chi connectivity index (χ0n) is 16.1. The Hall–Kier alpha value is -3.62. The molecule has 0 bridgehead atoms. The second-order valence-corrected chi connectivity index (χ2v) is 6.71. The van der Waals surface area contributed by atoms with E-state index in [1.54, 1.807) is 37.5 Å². The molecule has 9 heteroatoms. The van der Waals surface area contributed by atoms with Crippen molar-refractivity contribution in [1.29, 1.82) is 0 Å². The van der Waals surface area contributed by atoms with Crippen LogP contribution >= 0.6 is 0 Å². The lowest BCUT2D eigenvalue weighted by atomic mass is 10.0. The molecule has 0 spiro atoms. The summed E-state index contributed by atoms with van der Waals surface area (Å²) in [6.07, 6.45) is 1.25. The Morgan fingerprint density at radius 1 is 1.13 bits per heavy atom. The van der Waals surface area contributed by atoms with Crippen molar-refractivity contribution in [3.05, 3.63) is 70.8 Å². The molecule has 0 fully saturated rings. The molecule has 152 valence electrons. The van der Waals surface area contributed by atoms with Gasteiger partial charge in [-0.05, 0) is 43.7 Å². The Morgan fingerprint density at radius 3 is 2.57 bits per heavy atom. The van der Waals surface area contributed by atoms with Gasteiger partial charge in [0.1, 0.15) is 11.2 Å². The maximum atomic E-state index is 13.0. The molecule has 0 saturated heterocycles. The summed E-state index contributed by atoms with van der Waals surface area (Å²) in [5.41, 5.74) is 1.33. The molecule has 0 saturated carbocycles. The van der Waals surface area contributed by atoms with Crippen LogP contribution in [-0.4, -0.2) is 24.5 Å². The minimum Gasteiger partial charge on any atom is -0.299 e. The Morgan fingerprint density at radius 2 is 1.93 bits per heavy atom. The van der Waals surface area contributed by atoms with Gasteiger partial charge in [0.15, 0.2) is 0 Å². The SMILES string of the molecule is CCn1cnc2c(-c3cccnc3)nc(-c3cnc(C(F)(F)F)cc3C)cc2c1=O. The van der Waals surface area contributed by atoms with Crippen LogP contribution in [0.25, 0.3) is 33.4 Å². The van der Waals surface area contributed by atoms with Gasteiger partial charge in [0.2, 0.25) is 0 Å². The molecule has 0 unspecified atom stereocenters. The molecule has 0 aliphatic heterocycles. The van der Waals surface area contributed by atoms with Crippen molar-refractivity contribution >= 4 is 10.9 Å². The van der Waals surface area contributed by atoms with Crippen molar-refractivity contribution in [2.45, 2.75) is 26.6 Å². The Bertz CT molecular complexity index is 1300. The molecule has 4 aromatic heterocycles. The highest BCUT2D eigenvalue weighted by Crippen LogP contribution is 2.33. The Labute approximate surface area is 169 Å². The summed E-state index contributed by atoms with van der Waals surface area (Å²) < 4.78 is 40.4. The standard InChI is InChI=1S/C21H16F3N5O/c1-3-29-11-27-19-14(20(29)30)8-16(28-18(19)13-5-4-6-25-9-13)15-10-26-17(7-12(15)2)21(22,23)24/h4-11H,3H2,1-2H3. The Kier molecular flexibility index (Phi) is 4.81. The highest BCUT2D eigenvalue weighted by Gasteiger charge is 2.32. The van der Waals surface area contributed by atoms with Gasteiger partial charge < -0.3 is 0 Å². The number of hydrogen-bond donors (Lipinski definition) is 0. The number of aromatic nitrogens is 5. The van der Waals surface area contributed by atoms with Gasteiger partial charge in [-0.25, -0.2) is 9.97 Å². The van der Waals surface area contributed by atoms with Gasteiger partial charge in [-0.3, -0.25) is 19.3 Å². The maximum Gasteiger partial charge on any atom is 0.433 e. The number of rotatable bonds is 3. The number of alkyl halides is 3. The maximum absolute atomic E-state index is 13.0. The van der Waals surface area contributed by atoms with Crippen LogP contribution in [0.1, 0.15) is 18.2 Å². The van der Waals surface area contributed by atoms with E-state index in [1.807, 2.05) is 6.92 Å². The van der Waals surface area contributed by atoms with Crippen molar-refractivity contribution in [3.63, 3.8) is 0 Å². The van der Waals surface area contributed by atoms with Crippen LogP contribution in [-0.2, 0) is 12.7 Å². The van der Waals surface area contributed by atoms with E-state index in [0.29, 0.717) is 45.5 Å². The molecule has 30 heavy (non-hydrogen) atoms. The van der Waals surface area contributed by atoms with Crippen LogP contribution in [0.5, 0.6) is 0 Å². The molecule has 4 aromatic rings. The summed E-state index contributed by atoms with van der Waals surface area (Å²) in [6.45, 7) is 3.81. The average Bonchev–Trinajstić information content (AvgIpc) is 2.73. The molecule has 6 nitrogen and oxygen atoms in total. The van der Waals surface area contributed by atoms with Crippen LogP contribution < -0.4 is 5.56 Å². The van der Waals surface area contributed by atoms with Gasteiger partial charge in [0, 0.05) is 36.3 Å². The normalized spacial score (nSPS) is 11.8. The van der Waals surface area contributed by atoms with Crippen molar-refractivity contribution in [2.75, 3.05) is 0 Å². The first-order chi connectivity index (χ1) is 14.3. The first kappa shape index (κ1) is 19.7. The predicted octanol–water partition coefficient (Wildman–Crippen LogP) is 4.26. The third-order valence-electron chi connectivity index (χ3n) is 4.76. The molecular weight excluding hydrogens is 395 g/mol. The monoisotopic (exact) mass is 411 g/mol. The molecule has 0 aromatic carbocycles. The molecule has 0 N–H and O–H groups in total. The minimum atomic E-state index is -4.54. The smallest absolute Gasteiger partial charge is 0.299 e. The molecule has 4 rings (SSSR count). The van der Waals surface area contributed by atoms with E-state index in [1.165, 1.54) is 10.9 Å². The average molecular weight is 411 g/mol. The van der Waals surface area contributed by atoms with E-state index in [0.717, 1.165) is 12.3 Å². The molecular formula is C21H16F3N5O. The fourth-order valence-electron chi connectivity index (χ4n) is 3.21. The van der Waals surface area contributed by atoms with Crippen LogP contribution in [0.3, 0.4) is 0 Å². The van der Waals surface area contributed by atoms with E-state index in [9.17, 15) is 18.0 Å². The van der Waals surface area contributed by atoms with Gasteiger partial charge in [0.25, 0.3) is 5.56 Å². The van der Waals surface area contributed by atoms with E-state index in [2.05, 4.69) is 19.9 Å². The van der Waals surface area contributed by atoms with Crippen LogP contribution in [0.4, 0.5) is 13.2 Å². The molecule has 0 aliphatic rings. The quantitative estimate of drug-likeness (QED) is 0.504. The van der Waals surface area contributed by atoms with E-state index in [-0.39, 0.29) is 5.56 Å². The lowest BCUT2D eigenvalue weighted by Crippen LogP contribution is -2.20. The van der Waals surface area contributed by atoms with Crippen molar-refractivity contribution in [3.8, 4) is 22.5 Å². The Balaban J connectivity index is 2.02. The van der Waals surface area contributed by atoms with Crippen LogP contribution in [0.2, 0.25) is 0 Å². The summed E-state index contributed by atoms with van der Waals surface area (Å²) in [7, 11) is 0. The summed E-state index contributed by atoms with van der Waals surface area (Å²) in [5.74, 6) is 0. The van der Waals surface area contributed by atoms with Crippen LogP contribution in [0.15, 0.2) is 54.0 Å². The summed E-state index contributed by atoms with van der Waals surface area (Å²) in [5, 5.41) is 0.322. The fourth-order valence-corrected chi connectivity index (χ4v) is 3.21. The van der Waals surface area contributed by atoms with Gasteiger partial charge in [-0.2, -0.15) is 13.2 Å². The number of hydrogen-bond acceptors (Lipinski definition) is 5. The third kappa shape index (κ3) is 3.42. The van der Waals surface area contributed by atoms with Gasteiger partial charge in [-0.15, -0.1) is 0 Å². The van der Waals surface area contributed by atoms with Crippen molar-refractivity contribution < 1.29 is 13.2 Å². The van der Waals surface area contributed by atoms with Crippen molar-refractivity contribution in [1.82, 2.24) is 24.5 Å². The first-order valence-electron chi connectivity index (χ1n) is 9.14. The number of aryl methyl sites for hydroxylation is 2. The molecule has 0 atom stereocenters. The lowest BCUT2D eigenvalue weighted by molar-refractivity contribution is -0.141. The van der Waals surface area contributed by atoms with Gasteiger partial charge in [0.05, 0.1) is 23.1 Å². The minimum absolute atomic E-state index is 0.256. The summed E-state index contributed by atoms with van der Waals surface area (Å²) in [4.78, 5) is 29.6. The topological polar surface area (TPSA) is 73.6 Å². The number of halogens is 3. The molecule has 0 amide bonds. The summed E-state index contributed by atoms with van der Waals surface area (Å²) >= 11 is 0. The highest BCUT2D eigenvalue weighted by molar-refractivity contribution is 5.93. The summed E-state index contributed by atoms with van der Waals surface area (Å²) in [6, 6.07) is 6.03.